The molecule has 0 radical (unpaired) electrons. The molecule has 14 heavy (non-hydrogen) atoms. The zero-order valence-electron chi connectivity index (χ0n) is 8.98. The first-order chi connectivity index (χ1) is 6.75. The molecule has 0 amide bonds. The Hall–Kier alpha value is -0.120. The first kappa shape index (κ1) is 10.4. The molecule has 3 nitrogen and oxygen atoms in total. The van der Waals surface area contributed by atoms with Gasteiger partial charge in [0, 0.05) is 25.6 Å². The second-order valence-corrected chi connectivity index (χ2v) is 4.86. The smallest absolute Gasteiger partial charge is 0.0717 e. The lowest BCUT2D eigenvalue weighted by Gasteiger charge is -2.23. The van der Waals surface area contributed by atoms with E-state index in [1.807, 2.05) is 0 Å². The van der Waals surface area contributed by atoms with Gasteiger partial charge in [-0.25, -0.2) is 0 Å². The molecule has 1 heterocycles. The molecule has 1 saturated carbocycles. The molecule has 2 unspecified atom stereocenters. The van der Waals surface area contributed by atoms with Gasteiger partial charge in [-0.2, -0.15) is 0 Å². The lowest BCUT2D eigenvalue weighted by atomic mass is 10.0. The third-order valence-corrected chi connectivity index (χ3v) is 3.27. The Balaban J connectivity index is 1.66. The molecule has 1 saturated heterocycles. The molecule has 1 aliphatic carbocycles. The minimum absolute atomic E-state index is 0.193. The van der Waals surface area contributed by atoms with Crippen LogP contribution in [0.25, 0.3) is 0 Å². The summed E-state index contributed by atoms with van der Waals surface area (Å²) in [6.45, 7) is 3.54. The van der Waals surface area contributed by atoms with Gasteiger partial charge in [0.05, 0.1) is 12.7 Å². The minimum atomic E-state index is -0.193. The monoisotopic (exact) mass is 199 g/mol. The van der Waals surface area contributed by atoms with Gasteiger partial charge in [-0.15, -0.1) is 0 Å². The summed E-state index contributed by atoms with van der Waals surface area (Å²) in [5.74, 6) is 1.28. The van der Waals surface area contributed by atoms with Crippen LogP contribution in [0, 0.1) is 11.8 Å². The SMILES string of the molecule is CN(CC1CC1)CC(O)C1CCOC1. The van der Waals surface area contributed by atoms with Crippen molar-refractivity contribution in [3.8, 4) is 0 Å². The Morgan fingerprint density at radius 2 is 2.21 bits per heavy atom. The topological polar surface area (TPSA) is 32.7 Å². The second-order valence-electron chi connectivity index (χ2n) is 4.86. The summed E-state index contributed by atoms with van der Waals surface area (Å²) in [6.07, 6.45) is 3.60. The molecular formula is C11H21NO2. The Labute approximate surface area is 86.0 Å². The van der Waals surface area contributed by atoms with Crippen LogP contribution in [0.1, 0.15) is 19.3 Å². The average Bonchev–Trinajstić information content (AvgIpc) is 2.80. The molecule has 2 fully saturated rings. The number of hydrogen-bond donors (Lipinski definition) is 1. The summed E-state index contributed by atoms with van der Waals surface area (Å²) >= 11 is 0. The maximum Gasteiger partial charge on any atom is 0.0717 e. The standard InChI is InChI=1S/C11H21NO2/c1-12(6-9-2-3-9)7-11(13)10-4-5-14-8-10/h9-11,13H,2-8H2,1H3. The van der Waals surface area contributed by atoms with Gasteiger partial charge >= 0.3 is 0 Å². The Morgan fingerprint density at radius 1 is 1.43 bits per heavy atom. The van der Waals surface area contributed by atoms with Crippen molar-refractivity contribution in [2.75, 3.05) is 33.4 Å². The highest BCUT2D eigenvalue weighted by Crippen LogP contribution is 2.29. The van der Waals surface area contributed by atoms with Gasteiger partial charge in [-0.1, -0.05) is 0 Å². The van der Waals surface area contributed by atoms with E-state index in [1.165, 1.54) is 12.8 Å². The Morgan fingerprint density at radius 3 is 2.79 bits per heavy atom. The summed E-state index contributed by atoms with van der Waals surface area (Å²) in [4.78, 5) is 2.26. The van der Waals surface area contributed by atoms with E-state index in [2.05, 4.69) is 11.9 Å². The number of aliphatic hydroxyl groups excluding tert-OH is 1. The fraction of sp³-hybridized carbons (Fsp3) is 1.00. The van der Waals surface area contributed by atoms with Crippen LogP contribution >= 0.6 is 0 Å². The van der Waals surface area contributed by atoms with Gasteiger partial charge in [0.2, 0.25) is 0 Å². The third kappa shape index (κ3) is 2.94. The van der Waals surface area contributed by atoms with Gasteiger partial charge in [0.1, 0.15) is 0 Å². The number of hydrogen-bond acceptors (Lipinski definition) is 3. The normalized spacial score (nSPS) is 29.8. The van der Waals surface area contributed by atoms with Crippen LogP contribution in [0.4, 0.5) is 0 Å². The molecular weight excluding hydrogens is 178 g/mol. The van der Waals surface area contributed by atoms with Crippen molar-refractivity contribution in [3.63, 3.8) is 0 Å². The van der Waals surface area contributed by atoms with E-state index in [0.29, 0.717) is 5.92 Å². The van der Waals surface area contributed by atoms with Crippen LogP contribution in [-0.4, -0.2) is 49.5 Å². The predicted molar refractivity (Wildman–Crippen MR) is 55.2 cm³/mol. The van der Waals surface area contributed by atoms with Crippen LogP contribution in [0.3, 0.4) is 0 Å². The zero-order chi connectivity index (χ0) is 9.97. The van der Waals surface area contributed by atoms with E-state index in [1.54, 1.807) is 0 Å². The van der Waals surface area contributed by atoms with Crippen LogP contribution in [0.2, 0.25) is 0 Å². The van der Waals surface area contributed by atoms with Gasteiger partial charge in [0.25, 0.3) is 0 Å². The summed E-state index contributed by atoms with van der Waals surface area (Å²) < 4.78 is 5.27. The fourth-order valence-corrected chi connectivity index (χ4v) is 2.14. The Kier molecular flexibility index (Phi) is 3.42. The van der Waals surface area contributed by atoms with Crippen LogP contribution in [-0.2, 0) is 4.74 Å². The van der Waals surface area contributed by atoms with Gasteiger partial charge in [-0.05, 0) is 32.2 Å². The van der Waals surface area contributed by atoms with E-state index in [9.17, 15) is 5.11 Å². The third-order valence-electron chi connectivity index (χ3n) is 3.27. The maximum absolute atomic E-state index is 9.93. The highest BCUT2D eigenvalue weighted by atomic mass is 16.5. The van der Waals surface area contributed by atoms with Gasteiger partial charge in [0.15, 0.2) is 0 Å². The quantitative estimate of drug-likeness (QED) is 0.708. The summed E-state index contributed by atoms with van der Waals surface area (Å²) in [7, 11) is 2.11. The highest BCUT2D eigenvalue weighted by Gasteiger charge is 2.27. The number of likely N-dealkylation sites (N-methyl/N-ethyl adjacent to an activating group) is 1. The van der Waals surface area contributed by atoms with Crippen molar-refractivity contribution in [2.24, 2.45) is 11.8 Å². The number of rotatable bonds is 5. The van der Waals surface area contributed by atoms with Crippen molar-refractivity contribution in [1.82, 2.24) is 4.90 Å². The highest BCUT2D eigenvalue weighted by molar-refractivity contribution is 4.79. The molecule has 2 rings (SSSR count). The Bertz CT molecular complexity index is 176. The summed E-state index contributed by atoms with van der Waals surface area (Å²) in [5, 5.41) is 9.93. The molecule has 3 heteroatoms. The molecule has 2 atom stereocenters. The number of ether oxygens (including phenoxy) is 1. The van der Waals surface area contributed by atoms with Crippen molar-refractivity contribution < 1.29 is 9.84 Å². The fourth-order valence-electron chi connectivity index (χ4n) is 2.14. The van der Waals surface area contributed by atoms with E-state index < -0.39 is 0 Å². The molecule has 0 spiro atoms. The average molecular weight is 199 g/mol. The van der Waals surface area contributed by atoms with E-state index >= 15 is 0 Å². The number of nitrogens with zero attached hydrogens (tertiary/aromatic N) is 1. The molecule has 2 aliphatic rings. The molecule has 1 aliphatic heterocycles. The number of aliphatic hydroxyl groups is 1. The molecule has 82 valence electrons. The lowest BCUT2D eigenvalue weighted by molar-refractivity contribution is 0.0622. The van der Waals surface area contributed by atoms with Gasteiger partial charge < -0.3 is 14.7 Å². The van der Waals surface area contributed by atoms with Crippen molar-refractivity contribution in [1.29, 1.82) is 0 Å². The van der Waals surface area contributed by atoms with E-state index in [-0.39, 0.29) is 6.10 Å². The predicted octanol–water partition coefficient (Wildman–Crippen LogP) is 0.726. The molecule has 0 aromatic heterocycles. The maximum atomic E-state index is 9.93. The van der Waals surface area contributed by atoms with Crippen molar-refractivity contribution in [2.45, 2.75) is 25.4 Å². The molecule has 0 bridgehead atoms. The first-order valence-corrected chi connectivity index (χ1v) is 5.70. The zero-order valence-corrected chi connectivity index (χ0v) is 8.98. The molecule has 0 aromatic rings. The van der Waals surface area contributed by atoms with Crippen LogP contribution in [0.15, 0.2) is 0 Å². The van der Waals surface area contributed by atoms with E-state index in [0.717, 1.165) is 38.6 Å². The van der Waals surface area contributed by atoms with Crippen LogP contribution < -0.4 is 0 Å². The molecule has 1 N–H and O–H groups in total. The van der Waals surface area contributed by atoms with E-state index in [4.69, 9.17) is 4.74 Å². The first-order valence-electron chi connectivity index (χ1n) is 5.70. The van der Waals surface area contributed by atoms with Crippen LogP contribution in [0.5, 0.6) is 0 Å². The van der Waals surface area contributed by atoms with Crippen molar-refractivity contribution >= 4 is 0 Å². The summed E-state index contributed by atoms with van der Waals surface area (Å²) in [6, 6.07) is 0. The lowest BCUT2D eigenvalue weighted by Crippen LogP contribution is -2.35. The van der Waals surface area contributed by atoms with Gasteiger partial charge in [-0.3, -0.25) is 0 Å². The largest absolute Gasteiger partial charge is 0.391 e. The minimum Gasteiger partial charge on any atom is -0.391 e. The summed E-state index contributed by atoms with van der Waals surface area (Å²) in [5.41, 5.74) is 0. The second kappa shape index (κ2) is 4.60. The molecule has 0 aromatic carbocycles. The van der Waals surface area contributed by atoms with Crippen molar-refractivity contribution in [3.05, 3.63) is 0 Å².